The lowest BCUT2D eigenvalue weighted by Crippen LogP contribution is -2.44. The molecule has 1 amide bonds. The van der Waals surface area contributed by atoms with Crippen LogP contribution in [0.4, 0.5) is 0 Å². The summed E-state index contributed by atoms with van der Waals surface area (Å²) < 4.78 is 5.76. The number of likely N-dealkylation sites (tertiary alicyclic amines) is 1. The second kappa shape index (κ2) is 7.83. The summed E-state index contributed by atoms with van der Waals surface area (Å²) in [6, 6.07) is 11.2. The van der Waals surface area contributed by atoms with Crippen LogP contribution in [0.3, 0.4) is 0 Å². The number of aliphatic hydroxyl groups excluding tert-OH is 1. The van der Waals surface area contributed by atoms with E-state index in [9.17, 15) is 9.90 Å². The van der Waals surface area contributed by atoms with E-state index in [2.05, 4.69) is 5.32 Å². The molecule has 0 saturated carbocycles. The molecule has 128 valence electrons. The molecule has 6 heteroatoms. The van der Waals surface area contributed by atoms with Gasteiger partial charge in [-0.3, -0.25) is 9.69 Å². The Bertz CT molecular complexity index is 684. The monoisotopic (exact) mass is 348 g/mol. The lowest BCUT2D eigenvalue weighted by atomic mass is 10.1. The van der Waals surface area contributed by atoms with Crippen molar-refractivity contribution in [2.45, 2.75) is 25.5 Å². The normalized spacial score (nSPS) is 18.5. The molecule has 1 saturated heterocycles. The average molecular weight is 349 g/mol. The molecule has 1 aromatic carbocycles. The highest BCUT2D eigenvalue weighted by Gasteiger charge is 2.19. The first kappa shape index (κ1) is 17.0. The Morgan fingerprint density at radius 2 is 2.08 bits per heavy atom. The summed E-state index contributed by atoms with van der Waals surface area (Å²) in [5.41, 5.74) is 0.944. The van der Waals surface area contributed by atoms with Crippen molar-refractivity contribution in [3.05, 3.63) is 47.2 Å². The van der Waals surface area contributed by atoms with Crippen molar-refractivity contribution in [2.75, 3.05) is 19.6 Å². The van der Waals surface area contributed by atoms with Crippen LogP contribution in [0.1, 0.15) is 18.6 Å². The Balaban J connectivity index is 1.50. The van der Waals surface area contributed by atoms with Gasteiger partial charge in [-0.1, -0.05) is 11.6 Å². The fraction of sp³-hybridized carbons (Fsp3) is 0.389. The first-order chi connectivity index (χ1) is 11.6. The molecule has 0 bridgehead atoms. The molecule has 1 aliphatic rings. The quantitative estimate of drug-likeness (QED) is 0.872. The van der Waals surface area contributed by atoms with Gasteiger partial charge in [-0.25, -0.2) is 0 Å². The maximum absolute atomic E-state index is 12.0. The zero-order chi connectivity index (χ0) is 16.9. The van der Waals surface area contributed by atoms with Gasteiger partial charge < -0.3 is 14.8 Å². The summed E-state index contributed by atoms with van der Waals surface area (Å²) >= 11 is 5.88. The lowest BCUT2D eigenvalue weighted by molar-refractivity contribution is -0.123. The molecule has 1 aromatic heterocycles. The van der Waals surface area contributed by atoms with Crippen molar-refractivity contribution in [1.29, 1.82) is 0 Å². The van der Waals surface area contributed by atoms with E-state index in [1.54, 1.807) is 0 Å². The van der Waals surface area contributed by atoms with E-state index >= 15 is 0 Å². The highest BCUT2D eigenvalue weighted by Crippen LogP contribution is 2.23. The maximum atomic E-state index is 12.0. The molecule has 2 heterocycles. The minimum absolute atomic E-state index is 0.0615. The van der Waals surface area contributed by atoms with Crippen LogP contribution in [0.5, 0.6) is 0 Å². The number of hydrogen-bond acceptors (Lipinski definition) is 4. The van der Waals surface area contributed by atoms with Gasteiger partial charge in [0.15, 0.2) is 0 Å². The molecular formula is C18H21ClN2O3. The number of halogens is 1. The molecule has 0 radical (unpaired) electrons. The summed E-state index contributed by atoms with van der Waals surface area (Å²) in [5, 5.41) is 13.2. The third-order valence-electron chi connectivity index (χ3n) is 4.10. The lowest BCUT2D eigenvalue weighted by Gasteiger charge is -2.29. The van der Waals surface area contributed by atoms with Gasteiger partial charge in [0.2, 0.25) is 5.91 Å². The van der Waals surface area contributed by atoms with Crippen molar-refractivity contribution >= 4 is 17.5 Å². The number of rotatable bonds is 5. The van der Waals surface area contributed by atoms with Gasteiger partial charge in [0, 0.05) is 17.1 Å². The van der Waals surface area contributed by atoms with E-state index in [1.165, 1.54) is 0 Å². The molecule has 24 heavy (non-hydrogen) atoms. The first-order valence-electron chi connectivity index (χ1n) is 8.12. The highest BCUT2D eigenvalue weighted by molar-refractivity contribution is 6.30. The third-order valence-corrected chi connectivity index (χ3v) is 4.35. The molecule has 3 rings (SSSR count). The summed E-state index contributed by atoms with van der Waals surface area (Å²) in [6.45, 7) is 2.07. The smallest absolute Gasteiger partial charge is 0.234 e. The number of hydrogen-bond donors (Lipinski definition) is 2. The summed E-state index contributed by atoms with van der Waals surface area (Å²) in [7, 11) is 0. The van der Waals surface area contributed by atoms with E-state index in [0.717, 1.165) is 30.7 Å². The largest absolute Gasteiger partial charge is 0.459 e. The van der Waals surface area contributed by atoms with Gasteiger partial charge in [-0.2, -0.15) is 0 Å². The molecule has 1 aliphatic heterocycles. The van der Waals surface area contributed by atoms with Gasteiger partial charge in [0.05, 0.1) is 19.2 Å². The highest BCUT2D eigenvalue weighted by atomic mass is 35.5. The number of β-amino-alcohol motifs (C(OH)–C–C–N with tert-alkyl or cyclic N) is 1. The van der Waals surface area contributed by atoms with E-state index in [0.29, 0.717) is 30.4 Å². The predicted octanol–water partition coefficient (Wildman–Crippen LogP) is 2.67. The zero-order valence-corrected chi connectivity index (χ0v) is 14.1. The predicted molar refractivity (Wildman–Crippen MR) is 92.7 cm³/mol. The second-order valence-corrected chi connectivity index (χ2v) is 6.52. The van der Waals surface area contributed by atoms with Crippen LogP contribution in [0.2, 0.25) is 5.02 Å². The van der Waals surface area contributed by atoms with Crippen LogP contribution in [0.25, 0.3) is 11.3 Å². The van der Waals surface area contributed by atoms with Crippen LogP contribution in [0.15, 0.2) is 40.8 Å². The van der Waals surface area contributed by atoms with E-state index in [-0.39, 0.29) is 12.0 Å². The molecule has 0 spiro atoms. The van der Waals surface area contributed by atoms with E-state index in [4.69, 9.17) is 16.0 Å². The van der Waals surface area contributed by atoms with Crippen LogP contribution < -0.4 is 5.32 Å². The number of piperidine rings is 1. The number of amides is 1. The minimum atomic E-state index is -0.321. The Hall–Kier alpha value is -1.82. The van der Waals surface area contributed by atoms with Crippen molar-refractivity contribution in [3.8, 4) is 11.3 Å². The number of carbonyl (C=O) groups is 1. The van der Waals surface area contributed by atoms with Gasteiger partial charge in [0.1, 0.15) is 11.5 Å². The molecule has 2 aromatic rings. The Morgan fingerprint density at radius 3 is 2.83 bits per heavy atom. The topological polar surface area (TPSA) is 65.7 Å². The molecule has 1 unspecified atom stereocenters. The van der Waals surface area contributed by atoms with Crippen molar-refractivity contribution in [3.63, 3.8) is 0 Å². The SMILES string of the molecule is O=C(CN1CCCC(O)C1)NCc1ccc(-c2ccc(Cl)cc2)o1. The van der Waals surface area contributed by atoms with Gasteiger partial charge in [-0.05, 0) is 55.8 Å². The third kappa shape index (κ3) is 4.60. The molecule has 1 atom stereocenters. The van der Waals surface area contributed by atoms with Crippen LogP contribution >= 0.6 is 11.6 Å². The number of carbonyl (C=O) groups excluding carboxylic acids is 1. The van der Waals surface area contributed by atoms with Gasteiger partial charge in [0.25, 0.3) is 0 Å². The number of nitrogens with zero attached hydrogens (tertiary/aromatic N) is 1. The van der Waals surface area contributed by atoms with Crippen LogP contribution in [-0.2, 0) is 11.3 Å². The zero-order valence-electron chi connectivity index (χ0n) is 13.4. The Labute approximate surface area is 146 Å². The number of aliphatic hydroxyl groups is 1. The van der Waals surface area contributed by atoms with E-state index in [1.807, 2.05) is 41.3 Å². The minimum Gasteiger partial charge on any atom is -0.459 e. The van der Waals surface area contributed by atoms with Crippen molar-refractivity contribution in [2.24, 2.45) is 0 Å². The summed E-state index contributed by atoms with van der Waals surface area (Å²) in [6.07, 6.45) is 1.42. The van der Waals surface area contributed by atoms with Gasteiger partial charge in [-0.15, -0.1) is 0 Å². The summed E-state index contributed by atoms with van der Waals surface area (Å²) in [4.78, 5) is 14.0. The fourth-order valence-corrected chi connectivity index (χ4v) is 2.99. The second-order valence-electron chi connectivity index (χ2n) is 6.08. The standard InChI is InChI=1S/C18H21ClN2O3/c19-14-5-3-13(4-6-14)17-8-7-16(24-17)10-20-18(23)12-21-9-1-2-15(22)11-21/h3-8,15,22H,1-2,9-12H2,(H,20,23). The van der Waals surface area contributed by atoms with Crippen LogP contribution in [-0.4, -0.2) is 41.7 Å². The molecule has 1 fully saturated rings. The van der Waals surface area contributed by atoms with Crippen molar-refractivity contribution in [1.82, 2.24) is 10.2 Å². The van der Waals surface area contributed by atoms with E-state index < -0.39 is 0 Å². The number of benzene rings is 1. The van der Waals surface area contributed by atoms with Crippen LogP contribution in [0, 0.1) is 0 Å². The fourth-order valence-electron chi connectivity index (χ4n) is 2.86. The number of furan rings is 1. The van der Waals surface area contributed by atoms with Crippen molar-refractivity contribution < 1.29 is 14.3 Å². The molecule has 5 nitrogen and oxygen atoms in total. The maximum Gasteiger partial charge on any atom is 0.234 e. The Kier molecular flexibility index (Phi) is 5.56. The first-order valence-corrected chi connectivity index (χ1v) is 8.50. The molecule has 0 aliphatic carbocycles. The van der Waals surface area contributed by atoms with Gasteiger partial charge >= 0.3 is 0 Å². The Morgan fingerprint density at radius 1 is 1.29 bits per heavy atom. The molecule has 2 N–H and O–H groups in total. The molecular weight excluding hydrogens is 328 g/mol. The number of nitrogens with one attached hydrogen (secondary N) is 1. The summed E-state index contributed by atoms with van der Waals surface area (Å²) in [5.74, 6) is 1.38. The average Bonchev–Trinajstić information content (AvgIpc) is 3.03.